The number of aliphatic hydroxyl groups is 1. The molecule has 0 aromatic rings. The first-order chi connectivity index (χ1) is 10.5. The maximum Gasteiger partial charge on any atom is 0.0905 e. The summed E-state index contributed by atoms with van der Waals surface area (Å²) in [5.41, 5.74) is 2.21. The summed E-state index contributed by atoms with van der Waals surface area (Å²) in [6, 6.07) is 0. The average Bonchev–Trinajstić information content (AvgIpc) is 2.84. The topological polar surface area (TPSA) is 20.2 Å². The minimum absolute atomic E-state index is 0.204. The predicted molar refractivity (Wildman–Crippen MR) is 91.3 cm³/mol. The van der Waals surface area contributed by atoms with Gasteiger partial charge in [-0.1, -0.05) is 43.7 Å². The number of rotatable bonds is 1. The molecule has 0 aliphatic heterocycles. The van der Waals surface area contributed by atoms with E-state index in [1.54, 1.807) is 0 Å². The van der Waals surface area contributed by atoms with Crippen LogP contribution in [0.2, 0.25) is 0 Å². The molecule has 0 bridgehead atoms. The van der Waals surface area contributed by atoms with Crippen molar-refractivity contribution >= 4 is 0 Å². The molecule has 4 aliphatic rings. The highest BCUT2D eigenvalue weighted by atomic mass is 16.3. The van der Waals surface area contributed by atoms with Crippen LogP contribution in [0.4, 0.5) is 0 Å². The van der Waals surface area contributed by atoms with Crippen LogP contribution in [0, 0.1) is 34.5 Å². The van der Waals surface area contributed by atoms with Gasteiger partial charge in [-0.15, -0.1) is 6.58 Å². The Morgan fingerprint density at radius 2 is 2.00 bits per heavy atom. The van der Waals surface area contributed by atoms with Gasteiger partial charge in [-0.2, -0.15) is 0 Å². The van der Waals surface area contributed by atoms with Crippen molar-refractivity contribution in [1.29, 1.82) is 0 Å². The zero-order valence-electron chi connectivity index (χ0n) is 14.1. The largest absolute Gasteiger partial charge is 0.385 e. The van der Waals surface area contributed by atoms with Gasteiger partial charge in [0.2, 0.25) is 0 Å². The molecule has 120 valence electrons. The highest BCUT2D eigenvalue weighted by Crippen LogP contribution is 2.66. The lowest BCUT2D eigenvalue weighted by Crippen LogP contribution is -2.49. The van der Waals surface area contributed by atoms with Crippen LogP contribution >= 0.6 is 0 Å². The van der Waals surface area contributed by atoms with Crippen LogP contribution in [0.3, 0.4) is 0 Å². The van der Waals surface area contributed by atoms with Gasteiger partial charge in [-0.3, -0.25) is 0 Å². The molecule has 0 radical (unpaired) electrons. The van der Waals surface area contributed by atoms with E-state index in [9.17, 15) is 5.11 Å². The fourth-order valence-electron chi connectivity index (χ4n) is 6.75. The summed E-state index contributed by atoms with van der Waals surface area (Å²) in [4.78, 5) is 0. The van der Waals surface area contributed by atoms with Crippen molar-refractivity contribution in [3.05, 3.63) is 36.5 Å². The molecule has 4 unspecified atom stereocenters. The monoisotopic (exact) mass is 298 g/mol. The fraction of sp³-hybridized carbons (Fsp3) is 0.714. The molecule has 1 heteroatoms. The third-order valence-corrected chi connectivity index (χ3v) is 8.02. The molecule has 0 heterocycles. The highest BCUT2D eigenvalue weighted by molar-refractivity contribution is 5.33. The lowest BCUT2D eigenvalue weighted by atomic mass is 9.48. The normalized spacial score (nSPS) is 53.2. The van der Waals surface area contributed by atoms with Gasteiger partial charge in [0.15, 0.2) is 0 Å². The summed E-state index contributed by atoms with van der Waals surface area (Å²) in [5, 5.41) is 9.94. The number of fused-ring (bicyclic) bond motifs is 5. The molecule has 1 nitrogen and oxygen atoms in total. The predicted octanol–water partition coefficient (Wildman–Crippen LogP) is 4.89. The van der Waals surface area contributed by atoms with E-state index < -0.39 is 0 Å². The molecular formula is C21H30O. The van der Waals surface area contributed by atoms with Crippen LogP contribution in [-0.2, 0) is 0 Å². The van der Waals surface area contributed by atoms with E-state index >= 15 is 0 Å². The molecule has 3 fully saturated rings. The first kappa shape index (κ1) is 14.8. The summed E-state index contributed by atoms with van der Waals surface area (Å²) in [6.45, 7) is 9.10. The molecule has 0 spiro atoms. The van der Waals surface area contributed by atoms with E-state index in [1.807, 2.05) is 6.08 Å². The van der Waals surface area contributed by atoms with Crippen molar-refractivity contribution in [3.8, 4) is 0 Å². The van der Waals surface area contributed by atoms with E-state index in [0.717, 1.165) is 23.7 Å². The minimum Gasteiger partial charge on any atom is -0.385 e. The smallest absolute Gasteiger partial charge is 0.0905 e. The molecule has 0 amide bonds. The molecule has 4 rings (SSSR count). The third kappa shape index (κ3) is 1.81. The average molecular weight is 298 g/mol. The van der Waals surface area contributed by atoms with Crippen molar-refractivity contribution in [2.75, 3.05) is 0 Å². The molecule has 22 heavy (non-hydrogen) atoms. The first-order valence-electron chi connectivity index (χ1n) is 9.20. The Balaban J connectivity index is 1.68. The standard InChI is InChI=1S/C21H30O/c1-4-14-6-8-18-17-7-5-15-13-16(22)9-11-21(15,3)19(17)10-12-20(14,18)2/h4,9,11,13-14,16-19,22H,1,5-8,10,12H2,2-3H3/t14-,16?,17?,18?,19?,20+,21-/m0/s1. The van der Waals surface area contributed by atoms with E-state index in [4.69, 9.17) is 0 Å². The van der Waals surface area contributed by atoms with Gasteiger partial charge >= 0.3 is 0 Å². The first-order valence-corrected chi connectivity index (χ1v) is 9.20. The second-order valence-corrected chi connectivity index (χ2v) is 8.70. The van der Waals surface area contributed by atoms with Crippen LogP contribution in [0.1, 0.15) is 52.4 Å². The molecule has 0 aromatic heterocycles. The molecule has 1 N–H and O–H groups in total. The van der Waals surface area contributed by atoms with Crippen LogP contribution < -0.4 is 0 Å². The van der Waals surface area contributed by atoms with Gasteiger partial charge in [0.25, 0.3) is 0 Å². The summed E-state index contributed by atoms with van der Waals surface area (Å²) < 4.78 is 0. The summed E-state index contributed by atoms with van der Waals surface area (Å²) in [5.74, 6) is 3.25. The lowest BCUT2D eigenvalue weighted by molar-refractivity contribution is -0.0272. The lowest BCUT2D eigenvalue weighted by Gasteiger charge is -2.57. The Kier molecular flexibility index (Phi) is 3.24. The Hall–Kier alpha value is -0.820. The summed E-state index contributed by atoms with van der Waals surface area (Å²) in [6.07, 6.45) is 16.3. The Morgan fingerprint density at radius 3 is 2.77 bits per heavy atom. The molecule has 0 aromatic carbocycles. The van der Waals surface area contributed by atoms with Gasteiger partial charge < -0.3 is 5.11 Å². The van der Waals surface area contributed by atoms with Gasteiger partial charge in [0.05, 0.1) is 6.10 Å². The third-order valence-electron chi connectivity index (χ3n) is 8.02. The zero-order chi connectivity index (χ0) is 15.5. The van der Waals surface area contributed by atoms with Crippen LogP contribution in [-0.4, -0.2) is 11.2 Å². The van der Waals surface area contributed by atoms with Crippen molar-refractivity contribution in [2.45, 2.75) is 58.5 Å². The van der Waals surface area contributed by atoms with Gasteiger partial charge in [-0.05, 0) is 67.6 Å². The number of allylic oxidation sites excluding steroid dienone is 3. The molecular weight excluding hydrogens is 268 g/mol. The zero-order valence-corrected chi connectivity index (χ0v) is 14.1. The summed E-state index contributed by atoms with van der Waals surface area (Å²) >= 11 is 0. The number of aliphatic hydroxyl groups excluding tert-OH is 1. The number of hydrogen-bond donors (Lipinski definition) is 1. The molecule has 3 saturated carbocycles. The van der Waals surface area contributed by atoms with Gasteiger partial charge in [0, 0.05) is 5.41 Å². The van der Waals surface area contributed by atoms with Crippen LogP contribution in [0.5, 0.6) is 0 Å². The molecule has 0 saturated heterocycles. The highest BCUT2D eigenvalue weighted by Gasteiger charge is 2.57. The quantitative estimate of drug-likeness (QED) is 0.683. The maximum atomic E-state index is 9.94. The SMILES string of the molecule is C=C[C@H]1CCC2C3CCC4=CC(O)C=C[C@]4(C)C3CC[C@@]21C. The van der Waals surface area contributed by atoms with Crippen molar-refractivity contribution in [3.63, 3.8) is 0 Å². The van der Waals surface area contributed by atoms with E-state index in [-0.39, 0.29) is 11.5 Å². The minimum atomic E-state index is -0.356. The molecule has 4 aliphatic carbocycles. The van der Waals surface area contributed by atoms with Crippen molar-refractivity contribution in [2.24, 2.45) is 34.5 Å². The van der Waals surface area contributed by atoms with E-state index in [1.165, 1.54) is 44.1 Å². The van der Waals surface area contributed by atoms with Crippen molar-refractivity contribution in [1.82, 2.24) is 0 Å². The second-order valence-electron chi connectivity index (χ2n) is 8.70. The van der Waals surface area contributed by atoms with Crippen LogP contribution in [0.15, 0.2) is 36.5 Å². The second kappa shape index (κ2) is 4.84. The van der Waals surface area contributed by atoms with Crippen molar-refractivity contribution < 1.29 is 5.11 Å². The van der Waals surface area contributed by atoms with E-state index in [0.29, 0.717) is 5.41 Å². The molecule has 7 atom stereocenters. The van der Waals surface area contributed by atoms with E-state index in [2.05, 4.69) is 38.7 Å². The Morgan fingerprint density at radius 1 is 1.18 bits per heavy atom. The van der Waals surface area contributed by atoms with Gasteiger partial charge in [-0.25, -0.2) is 0 Å². The van der Waals surface area contributed by atoms with Gasteiger partial charge in [0.1, 0.15) is 0 Å². The Labute approximate surface area is 135 Å². The number of hydrogen-bond acceptors (Lipinski definition) is 1. The maximum absolute atomic E-state index is 9.94. The van der Waals surface area contributed by atoms with Crippen LogP contribution in [0.25, 0.3) is 0 Å². The Bertz CT molecular complexity index is 544. The summed E-state index contributed by atoms with van der Waals surface area (Å²) in [7, 11) is 0. The fourth-order valence-corrected chi connectivity index (χ4v) is 6.75.